The summed E-state index contributed by atoms with van der Waals surface area (Å²) in [6.07, 6.45) is 2.69. The summed E-state index contributed by atoms with van der Waals surface area (Å²) in [6.45, 7) is 1.73. The highest BCUT2D eigenvalue weighted by Gasteiger charge is 2.20. The first-order valence-electron chi connectivity index (χ1n) is 4.65. The standard InChI is InChI=1S/C9H7Cl2N3O2S2/c1-5-2-3-12-8(10)7(5)14-18(15,16)6-4-13-9(11)17-6/h2-4,14H,1H3. The summed E-state index contributed by atoms with van der Waals surface area (Å²) >= 11 is 12.3. The predicted molar refractivity (Wildman–Crippen MR) is 71.9 cm³/mol. The zero-order valence-electron chi connectivity index (χ0n) is 9.02. The molecular formula is C9H7Cl2N3O2S2. The van der Waals surface area contributed by atoms with Crippen molar-refractivity contribution in [3.8, 4) is 0 Å². The molecule has 0 unspecified atom stereocenters. The fourth-order valence-corrected chi connectivity index (χ4v) is 3.94. The maximum Gasteiger partial charge on any atom is 0.273 e. The van der Waals surface area contributed by atoms with Gasteiger partial charge in [-0.2, -0.15) is 0 Å². The number of nitrogens with zero attached hydrogens (tertiary/aromatic N) is 2. The van der Waals surface area contributed by atoms with Gasteiger partial charge in [0.1, 0.15) is 0 Å². The van der Waals surface area contributed by atoms with E-state index < -0.39 is 10.0 Å². The van der Waals surface area contributed by atoms with Gasteiger partial charge in [-0.05, 0) is 18.6 Å². The Morgan fingerprint density at radius 2 is 2.06 bits per heavy atom. The van der Waals surface area contributed by atoms with Crippen LogP contribution in [-0.4, -0.2) is 18.4 Å². The van der Waals surface area contributed by atoms with Gasteiger partial charge in [-0.15, -0.1) is 0 Å². The number of rotatable bonds is 3. The summed E-state index contributed by atoms with van der Waals surface area (Å²) in [7, 11) is -3.74. The van der Waals surface area contributed by atoms with Crippen molar-refractivity contribution in [2.24, 2.45) is 0 Å². The minimum absolute atomic E-state index is 0.0202. The fourth-order valence-electron chi connectivity index (χ4n) is 1.20. The van der Waals surface area contributed by atoms with Crippen molar-refractivity contribution in [1.29, 1.82) is 0 Å². The summed E-state index contributed by atoms with van der Waals surface area (Å²) in [5.41, 5.74) is 0.929. The molecule has 0 aliphatic carbocycles. The van der Waals surface area contributed by atoms with E-state index >= 15 is 0 Å². The van der Waals surface area contributed by atoms with Crippen LogP contribution in [0, 0.1) is 6.92 Å². The molecule has 18 heavy (non-hydrogen) atoms. The lowest BCUT2D eigenvalue weighted by atomic mass is 10.3. The van der Waals surface area contributed by atoms with Crippen molar-refractivity contribution in [3.05, 3.63) is 33.6 Å². The van der Waals surface area contributed by atoms with Crippen molar-refractivity contribution in [2.75, 3.05) is 4.72 Å². The largest absolute Gasteiger partial charge is 0.276 e. The van der Waals surface area contributed by atoms with Gasteiger partial charge in [0.15, 0.2) is 13.8 Å². The second-order valence-electron chi connectivity index (χ2n) is 3.33. The first-order valence-corrected chi connectivity index (χ1v) is 7.71. The molecule has 9 heteroatoms. The summed E-state index contributed by atoms with van der Waals surface area (Å²) in [5, 5.41) is 0.0918. The third-order valence-corrected chi connectivity index (χ3v) is 5.28. The van der Waals surface area contributed by atoms with Crippen LogP contribution < -0.4 is 4.72 Å². The number of halogens is 2. The van der Waals surface area contributed by atoms with Crippen LogP contribution in [0.2, 0.25) is 9.62 Å². The fraction of sp³-hybridized carbons (Fsp3) is 0.111. The highest BCUT2D eigenvalue weighted by molar-refractivity contribution is 7.94. The van der Waals surface area contributed by atoms with Crippen molar-refractivity contribution < 1.29 is 8.42 Å². The van der Waals surface area contributed by atoms with E-state index in [1.807, 2.05) is 0 Å². The van der Waals surface area contributed by atoms with Crippen LogP contribution in [0.3, 0.4) is 0 Å². The molecule has 0 amide bonds. The molecule has 2 heterocycles. The van der Waals surface area contributed by atoms with E-state index in [1.54, 1.807) is 13.0 Å². The number of aromatic nitrogens is 2. The third-order valence-electron chi connectivity index (χ3n) is 2.07. The Bertz CT molecular complexity index is 665. The van der Waals surface area contributed by atoms with E-state index in [-0.39, 0.29) is 19.5 Å². The number of hydrogen-bond donors (Lipinski definition) is 1. The summed E-state index contributed by atoms with van der Waals surface area (Å²) in [4.78, 5) is 7.51. The third kappa shape index (κ3) is 2.74. The van der Waals surface area contributed by atoms with Crippen LogP contribution in [0.5, 0.6) is 0 Å². The topological polar surface area (TPSA) is 72.0 Å². The molecule has 2 aromatic heterocycles. The molecule has 0 aliphatic heterocycles. The Morgan fingerprint density at radius 3 is 2.61 bits per heavy atom. The zero-order chi connectivity index (χ0) is 13.3. The van der Waals surface area contributed by atoms with Crippen molar-refractivity contribution in [3.63, 3.8) is 0 Å². The van der Waals surface area contributed by atoms with E-state index in [2.05, 4.69) is 14.7 Å². The lowest BCUT2D eigenvalue weighted by Crippen LogP contribution is -2.13. The SMILES string of the molecule is Cc1ccnc(Cl)c1NS(=O)(=O)c1cnc(Cl)s1. The zero-order valence-corrected chi connectivity index (χ0v) is 12.2. The van der Waals surface area contributed by atoms with E-state index in [4.69, 9.17) is 23.2 Å². The molecule has 96 valence electrons. The highest BCUT2D eigenvalue weighted by Crippen LogP contribution is 2.28. The van der Waals surface area contributed by atoms with Gasteiger partial charge in [0.2, 0.25) is 0 Å². The molecule has 0 radical (unpaired) electrons. The van der Waals surface area contributed by atoms with Crippen molar-refractivity contribution in [2.45, 2.75) is 11.1 Å². The van der Waals surface area contributed by atoms with Gasteiger partial charge in [-0.1, -0.05) is 34.5 Å². The number of sulfonamides is 1. The van der Waals surface area contributed by atoms with Gasteiger partial charge in [0.25, 0.3) is 10.0 Å². The molecule has 5 nitrogen and oxygen atoms in total. The Morgan fingerprint density at radius 1 is 1.33 bits per heavy atom. The number of aryl methyl sites for hydroxylation is 1. The maximum atomic E-state index is 12.0. The molecule has 0 saturated carbocycles. The second kappa shape index (κ2) is 5.00. The van der Waals surface area contributed by atoms with Gasteiger partial charge in [-0.25, -0.2) is 18.4 Å². The number of thiazole rings is 1. The summed E-state index contributed by atoms with van der Waals surface area (Å²) in [5.74, 6) is 0. The molecule has 2 aromatic rings. The van der Waals surface area contributed by atoms with E-state index in [0.29, 0.717) is 5.56 Å². The van der Waals surface area contributed by atoms with E-state index in [0.717, 1.165) is 11.3 Å². The van der Waals surface area contributed by atoms with Gasteiger partial charge >= 0.3 is 0 Å². The first kappa shape index (κ1) is 13.5. The molecular weight excluding hydrogens is 317 g/mol. The first-order chi connectivity index (χ1) is 8.40. The number of nitrogens with one attached hydrogen (secondary N) is 1. The van der Waals surface area contributed by atoms with Crippen LogP contribution in [0.25, 0.3) is 0 Å². The molecule has 0 saturated heterocycles. The molecule has 0 bridgehead atoms. The Labute approximate surface area is 118 Å². The number of anilines is 1. The summed E-state index contributed by atoms with van der Waals surface area (Å²) in [6, 6.07) is 1.66. The molecule has 1 N–H and O–H groups in total. The quantitative estimate of drug-likeness (QED) is 0.881. The lowest BCUT2D eigenvalue weighted by molar-refractivity contribution is 0.603. The minimum atomic E-state index is -3.74. The average Bonchev–Trinajstić information content (AvgIpc) is 2.71. The van der Waals surface area contributed by atoms with Crippen molar-refractivity contribution >= 4 is 50.2 Å². The molecule has 0 atom stereocenters. The van der Waals surface area contributed by atoms with Gasteiger partial charge in [-0.3, -0.25) is 4.72 Å². The average molecular weight is 324 g/mol. The molecule has 0 aromatic carbocycles. The molecule has 2 rings (SSSR count). The Kier molecular flexibility index (Phi) is 3.76. The van der Waals surface area contributed by atoms with Crippen LogP contribution in [0.1, 0.15) is 5.56 Å². The monoisotopic (exact) mass is 323 g/mol. The van der Waals surface area contributed by atoms with Gasteiger partial charge < -0.3 is 0 Å². The van der Waals surface area contributed by atoms with Crippen LogP contribution in [-0.2, 0) is 10.0 Å². The number of hydrogen-bond acceptors (Lipinski definition) is 5. The maximum absolute atomic E-state index is 12.0. The highest BCUT2D eigenvalue weighted by atomic mass is 35.5. The van der Waals surface area contributed by atoms with Crippen molar-refractivity contribution in [1.82, 2.24) is 9.97 Å². The van der Waals surface area contributed by atoms with E-state index in [1.165, 1.54) is 12.4 Å². The van der Waals surface area contributed by atoms with Crippen LogP contribution >= 0.6 is 34.5 Å². The molecule has 0 aliphatic rings. The Hall–Kier alpha value is -0.890. The lowest BCUT2D eigenvalue weighted by Gasteiger charge is -2.09. The van der Waals surface area contributed by atoms with Gasteiger partial charge in [0.05, 0.1) is 11.9 Å². The minimum Gasteiger partial charge on any atom is -0.276 e. The molecule has 0 fully saturated rings. The predicted octanol–water partition coefficient (Wildman–Crippen LogP) is 2.95. The summed E-state index contributed by atoms with van der Waals surface area (Å²) < 4.78 is 26.6. The number of pyridine rings is 1. The van der Waals surface area contributed by atoms with Crippen LogP contribution in [0.4, 0.5) is 5.69 Å². The Balaban J connectivity index is 2.40. The molecule has 0 spiro atoms. The second-order valence-corrected chi connectivity index (χ2v) is 7.21. The smallest absolute Gasteiger partial charge is 0.273 e. The van der Waals surface area contributed by atoms with E-state index in [9.17, 15) is 8.42 Å². The van der Waals surface area contributed by atoms with Gasteiger partial charge in [0, 0.05) is 6.20 Å². The van der Waals surface area contributed by atoms with Crippen LogP contribution in [0.15, 0.2) is 22.7 Å². The normalized spacial score (nSPS) is 11.5.